The van der Waals surface area contributed by atoms with Crippen LogP contribution in [0.2, 0.25) is 25.7 Å². The number of pyridine rings is 2. The summed E-state index contributed by atoms with van der Waals surface area (Å²) in [5.74, 6) is 7.28. The van der Waals surface area contributed by atoms with Crippen molar-refractivity contribution in [3.05, 3.63) is 75.8 Å². The summed E-state index contributed by atoms with van der Waals surface area (Å²) in [5, 5.41) is 0. The van der Waals surface area contributed by atoms with E-state index in [1.807, 2.05) is 49.6 Å². The smallest absolute Gasteiger partial charge is 0.125 e. The van der Waals surface area contributed by atoms with Crippen molar-refractivity contribution in [3.8, 4) is 11.8 Å². The summed E-state index contributed by atoms with van der Waals surface area (Å²) in [4.78, 5) is 12.5. The fourth-order valence-electron chi connectivity index (χ4n) is 2.54. The monoisotopic (exact) mass is 498 g/mol. The van der Waals surface area contributed by atoms with Gasteiger partial charge in [0.15, 0.2) is 0 Å². The molecule has 3 heterocycles. The summed E-state index contributed by atoms with van der Waals surface area (Å²) in [6.45, 7) is 14.3. The van der Waals surface area contributed by atoms with Gasteiger partial charge in [0.25, 0.3) is 0 Å². The maximum atomic E-state index is 5.83. The molecule has 0 radical (unpaired) electrons. The maximum absolute atomic E-state index is 5.83. The molecule has 164 valence electrons. The largest absolute Gasteiger partial charge is 0.361 e. The summed E-state index contributed by atoms with van der Waals surface area (Å²) in [5.41, 5.74) is 3.85. The molecule has 0 aliphatic rings. The van der Waals surface area contributed by atoms with Gasteiger partial charge in [0, 0.05) is 48.5 Å². The number of aryl methyl sites for hydroxylation is 3. The Labute approximate surface area is 195 Å². The maximum Gasteiger partial charge on any atom is 0.125 e. The van der Waals surface area contributed by atoms with Crippen molar-refractivity contribution in [1.82, 2.24) is 19.5 Å². The molecule has 3 rings (SSSR count). The second-order valence-corrected chi connectivity index (χ2v) is 15.1. The topological polar surface area (TPSA) is 52.8 Å². The Hall–Kier alpha value is -2.27. The molecule has 0 amide bonds. The highest BCUT2D eigenvalue weighted by atomic mass is 79.9. The first-order valence-corrected chi connectivity index (χ1v) is 14.8. The molecular formula is C24H31BrN4OSi. The number of ether oxygens (including phenoxy) is 1. The molecule has 5 nitrogen and oxygen atoms in total. The first kappa shape index (κ1) is 25.0. The van der Waals surface area contributed by atoms with Crippen LogP contribution in [0.25, 0.3) is 0 Å². The Morgan fingerprint density at radius 1 is 0.968 bits per heavy atom. The number of imidazole rings is 1. The Morgan fingerprint density at radius 3 is 2.23 bits per heavy atom. The van der Waals surface area contributed by atoms with E-state index in [-0.39, 0.29) is 0 Å². The highest BCUT2D eigenvalue weighted by Gasteiger charge is 2.12. The van der Waals surface area contributed by atoms with E-state index in [4.69, 9.17) is 4.74 Å². The summed E-state index contributed by atoms with van der Waals surface area (Å²) < 4.78 is 8.93. The Morgan fingerprint density at radius 2 is 1.65 bits per heavy atom. The van der Waals surface area contributed by atoms with Gasteiger partial charge in [-0.2, -0.15) is 0 Å². The number of hydrogen-bond donors (Lipinski definition) is 0. The molecule has 0 fully saturated rings. The molecule has 0 aliphatic heterocycles. The quantitative estimate of drug-likeness (QED) is 0.255. The van der Waals surface area contributed by atoms with Crippen LogP contribution in [-0.2, 0) is 11.5 Å². The molecule has 3 aromatic heterocycles. The van der Waals surface area contributed by atoms with Gasteiger partial charge >= 0.3 is 0 Å². The first-order chi connectivity index (χ1) is 14.6. The van der Waals surface area contributed by atoms with Gasteiger partial charge in [-0.3, -0.25) is 14.5 Å². The van der Waals surface area contributed by atoms with E-state index >= 15 is 0 Å². The van der Waals surface area contributed by atoms with Gasteiger partial charge < -0.3 is 4.74 Å². The van der Waals surface area contributed by atoms with Crippen LogP contribution < -0.4 is 0 Å². The lowest BCUT2D eigenvalue weighted by Crippen LogP contribution is -2.22. The highest BCUT2D eigenvalue weighted by molar-refractivity contribution is 9.10. The predicted octanol–water partition coefficient (Wildman–Crippen LogP) is 5.76. The minimum Gasteiger partial charge on any atom is -0.361 e. The lowest BCUT2D eigenvalue weighted by molar-refractivity contribution is 0.0852. The molecule has 0 saturated carbocycles. The average Bonchev–Trinajstić information content (AvgIpc) is 3.03. The van der Waals surface area contributed by atoms with E-state index in [0.717, 1.165) is 45.6 Å². The zero-order valence-electron chi connectivity index (χ0n) is 19.2. The lowest BCUT2D eigenvalue weighted by Gasteiger charge is -2.16. The van der Waals surface area contributed by atoms with Crippen LogP contribution in [0.15, 0.2) is 47.3 Å². The van der Waals surface area contributed by atoms with Crippen LogP contribution in [-0.4, -0.2) is 34.2 Å². The van der Waals surface area contributed by atoms with Gasteiger partial charge in [-0.25, -0.2) is 4.98 Å². The van der Waals surface area contributed by atoms with Gasteiger partial charge in [0.05, 0.1) is 6.20 Å². The molecule has 0 N–H and O–H groups in total. The summed E-state index contributed by atoms with van der Waals surface area (Å²) in [6.07, 6.45) is 5.36. The molecule has 0 unspecified atom stereocenters. The second kappa shape index (κ2) is 11.9. The molecule has 0 aliphatic carbocycles. The van der Waals surface area contributed by atoms with Crippen LogP contribution >= 0.6 is 15.9 Å². The van der Waals surface area contributed by atoms with Crippen molar-refractivity contribution < 1.29 is 4.74 Å². The molecule has 0 atom stereocenters. The third kappa shape index (κ3) is 9.60. The summed E-state index contributed by atoms with van der Waals surface area (Å²) >= 11 is 3.32. The van der Waals surface area contributed by atoms with E-state index in [2.05, 4.69) is 62.4 Å². The van der Waals surface area contributed by atoms with Gasteiger partial charge in [0.2, 0.25) is 0 Å². The van der Waals surface area contributed by atoms with Gasteiger partial charge in [-0.05, 0) is 57.0 Å². The molecular weight excluding hydrogens is 468 g/mol. The van der Waals surface area contributed by atoms with E-state index < -0.39 is 8.07 Å². The fourth-order valence-corrected chi connectivity index (χ4v) is 3.74. The third-order valence-electron chi connectivity index (χ3n) is 4.36. The standard InChI is InChI=1S/C18H25N3OSi.C6H6BrN/c1-15-12-17(8-9-19-15)6-7-18-13-20-16(2)21(18)14-22-10-11-23(3,4)5;1-5-4-6(7)2-3-8-5/h8-9,12-13H,10-11,14H2,1-5H3;2-4H,1H3. The SMILES string of the molecule is Cc1cc(Br)ccn1.Cc1cc(C#Cc2cnc(C)n2COCC[Si](C)(C)C)ccn1. The third-order valence-corrected chi connectivity index (χ3v) is 6.56. The van der Waals surface area contributed by atoms with Crippen molar-refractivity contribution >= 4 is 24.0 Å². The fraction of sp³-hybridized carbons (Fsp3) is 0.375. The molecule has 7 heteroatoms. The average molecular weight is 500 g/mol. The number of hydrogen-bond acceptors (Lipinski definition) is 4. The van der Waals surface area contributed by atoms with Crippen LogP contribution in [0, 0.1) is 32.6 Å². The van der Waals surface area contributed by atoms with Crippen molar-refractivity contribution in [3.63, 3.8) is 0 Å². The lowest BCUT2D eigenvalue weighted by atomic mass is 10.2. The van der Waals surface area contributed by atoms with Crippen molar-refractivity contribution in [2.75, 3.05) is 6.61 Å². The molecule has 0 bridgehead atoms. The van der Waals surface area contributed by atoms with E-state index in [0.29, 0.717) is 6.73 Å². The van der Waals surface area contributed by atoms with Gasteiger partial charge in [-0.15, -0.1) is 0 Å². The van der Waals surface area contributed by atoms with E-state index in [1.54, 1.807) is 18.6 Å². The summed E-state index contributed by atoms with van der Waals surface area (Å²) in [7, 11) is -1.05. The first-order valence-electron chi connectivity index (χ1n) is 10.3. The van der Waals surface area contributed by atoms with Crippen LogP contribution in [0.4, 0.5) is 0 Å². The molecule has 3 aromatic rings. The highest BCUT2D eigenvalue weighted by Crippen LogP contribution is 2.10. The zero-order chi connectivity index (χ0) is 22.9. The number of nitrogens with zero attached hydrogens (tertiary/aromatic N) is 4. The van der Waals surface area contributed by atoms with Crippen molar-refractivity contribution in [2.45, 2.75) is 53.2 Å². The predicted molar refractivity (Wildman–Crippen MR) is 133 cm³/mol. The summed E-state index contributed by atoms with van der Waals surface area (Å²) in [6, 6.07) is 8.94. The van der Waals surface area contributed by atoms with Crippen molar-refractivity contribution in [1.29, 1.82) is 0 Å². The Bertz CT molecular complexity index is 1030. The van der Waals surface area contributed by atoms with Gasteiger partial charge in [-0.1, -0.05) is 41.5 Å². The van der Waals surface area contributed by atoms with Gasteiger partial charge in [0.1, 0.15) is 18.2 Å². The molecule has 31 heavy (non-hydrogen) atoms. The number of halogens is 1. The number of rotatable bonds is 5. The molecule has 0 saturated heterocycles. The van der Waals surface area contributed by atoms with Crippen molar-refractivity contribution in [2.24, 2.45) is 0 Å². The molecule has 0 spiro atoms. The minimum absolute atomic E-state index is 0.510. The van der Waals surface area contributed by atoms with Crippen LogP contribution in [0.5, 0.6) is 0 Å². The number of aromatic nitrogens is 4. The van der Waals surface area contributed by atoms with Crippen LogP contribution in [0.1, 0.15) is 28.5 Å². The minimum atomic E-state index is -1.05. The van der Waals surface area contributed by atoms with Crippen LogP contribution in [0.3, 0.4) is 0 Å². The Kier molecular flexibility index (Phi) is 9.63. The second-order valence-electron chi connectivity index (χ2n) is 8.52. The van der Waals surface area contributed by atoms with E-state index in [1.165, 1.54) is 0 Å². The van der Waals surface area contributed by atoms with E-state index in [9.17, 15) is 0 Å². The normalized spacial score (nSPS) is 10.7. The Balaban J connectivity index is 0.000000357. The zero-order valence-corrected chi connectivity index (χ0v) is 21.8. The molecule has 0 aromatic carbocycles.